The van der Waals surface area contributed by atoms with Crippen molar-refractivity contribution in [3.8, 4) is 0 Å². The molecule has 0 aromatic carbocycles. The van der Waals surface area contributed by atoms with Crippen molar-refractivity contribution in [3.63, 3.8) is 0 Å². The molecular formula is C15H21F3N4O2. The molecule has 0 radical (unpaired) electrons. The smallest absolute Gasteiger partial charge is 0.410 e. The minimum Gasteiger partial charge on any atom is -0.446 e. The molecular weight excluding hydrogens is 325 g/mol. The number of hydrogen-bond donors (Lipinski definition) is 0. The number of nitrogens with zero attached hydrogens (tertiary/aromatic N) is 4. The zero-order valence-electron chi connectivity index (χ0n) is 13.6. The normalized spacial score (nSPS) is 21.6. The molecule has 1 unspecified atom stereocenters. The van der Waals surface area contributed by atoms with Crippen molar-refractivity contribution in [2.45, 2.75) is 63.9 Å². The standard InChI is InChI=1S/C15H21F3N4O2/c1-21(14(23)24-11-4-2-3-5-11)9-13-20-19-12-7-6-10(8-22(12)13)15(16,17)18/h10-11H,2-9H2,1H3. The van der Waals surface area contributed by atoms with Crippen LogP contribution in [0.25, 0.3) is 0 Å². The second-order valence-electron chi connectivity index (χ2n) is 6.57. The summed E-state index contributed by atoms with van der Waals surface area (Å²) in [6.45, 7) is -0.101. The number of rotatable bonds is 3. The summed E-state index contributed by atoms with van der Waals surface area (Å²) in [7, 11) is 1.56. The second kappa shape index (κ2) is 6.60. The van der Waals surface area contributed by atoms with Crippen LogP contribution < -0.4 is 0 Å². The van der Waals surface area contributed by atoms with Crippen LogP contribution in [0.3, 0.4) is 0 Å². The molecule has 1 aliphatic carbocycles. The molecule has 1 fully saturated rings. The molecule has 0 N–H and O–H groups in total. The molecule has 0 bridgehead atoms. The predicted molar refractivity (Wildman–Crippen MR) is 78.1 cm³/mol. The van der Waals surface area contributed by atoms with Gasteiger partial charge in [-0.1, -0.05) is 0 Å². The van der Waals surface area contributed by atoms with E-state index in [0.717, 1.165) is 25.7 Å². The van der Waals surface area contributed by atoms with E-state index >= 15 is 0 Å². The summed E-state index contributed by atoms with van der Waals surface area (Å²) in [5.41, 5.74) is 0. The summed E-state index contributed by atoms with van der Waals surface area (Å²) >= 11 is 0. The van der Waals surface area contributed by atoms with E-state index in [4.69, 9.17) is 4.74 Å². The monoisotopic (exact) mass is 346 g/mol. The van der Waals surface area contributed by atoms with E-state index in [0.29, 0.717) is 11.6 Å². The van der Waals surface area contributed by atoms with Gasteiger partial charge in [0.15, 0.2) is 5.82 Å². The van der Waals surface area contributed by atoms with Gasteiger partial charge in [0.25, 0.3) is 0 Å². The van der Waals surface area contributed by atoms with Crippen LogP contribution in [-0.4, -0.2) is 45.1 Å². The van der Waals surface area contributed by atoms with Gasteiger partial charge in [0, 0.05) is 20.0 Å². The molecule has 1 atom stereocenters. The molecule has 1 aliphatic heterocycles. The molecule has 2 heterocycles. The zero-order chi connectivity index (χ0) is 17.3. The third-order valence-corrected chi connectivity index (χ3v) is 4.75. The number of aryl methyl sites for hydroxylation is 1. The van der Waals surface area contributed by atoms with Crippen LogP contribution in [0.15, 0.2) is 0 Å². The number of amides is 1. The summed E-state index contributed by atoms with van der Waals surface area (Å²) < 4.78 is 45.7. The first-order valence-electron chi connectivity index (χ1n) is 8.24. The highest BCUT2D eigenvalue weighted by Gasteiger charge is 2.42. The third kappa shape index (κ3) is 3.64. The lowest BCUT2D eigenvalue weighted by molar-refractivity contribution is -0.182. The predicted octanol–water partition coefficient (Wildman–Crippen LogP) is 2.91. The molecule has 6 nitrogen and oxygen atoms in total. The fourth-order valence-corrected chi connectivity index (χ4v) is 3.28. The minimum absolute atomic E-state index is 0.0290. The van der Waals surface area contributed by atoms with E-state index < -0.39 is 18.2 Å². The topological polar surface area (TPSA) is 60.2 Å². The fraction of sp³-hybridized carbons (Fsp3) is 0.800. The average molecular weight is 346 g/mol. The van der Waals surface area contributed by atoms with E-state index in [1.54, 1.807) is 7.05 Å². The summed E-state index contributed by atoms with van der Waals surface area (Å²) in [4.78, 5) is 13.4. The van der Waals surface area contributed by atoms with Crippen molar-refractivity contribution in [2.24, 2.45) is 5.92 Å². The van der Waals surface area contributed by atoms with Crippen molar-refractivity contribution >= 4 is 6.09 Å². The maximum Gasteiger partial charge on any atom is 0.410 e. The van der Waals surface area contributed by atoms with Gasteiger partial charge in [0.2, 0.25) is 0 Å². The largest absolute Gasteiger partial charge is 0.446 e. The number of carbonyl (C=O) groups is 1. The summed E-state index contributed by atoms with van der Waals surface area (Å²) in [5, 5.41) is 7.92. The molecule has 3 rings (SSSR count). The van der Waals surface area contributed by atoms with Gasteiger partial charge in [0.1, 0.15) is 11.9 Å². The van der Waals surface area contributed by atoms with Crippen molar-refractivity contribution < 1.29 is 22.7 Å². The number of carbonyl (C=O) groups excluding carboxylic acids is 1. The van der Waals surface area contributed by atoms with Gasteiger partial charge in [-0.2, -0.15) is 13.2 Å². The van der Waals surface area contributed by atoms with Gasteiger partial charge in [-0.3, -0.25) is 0 Å². The van der Waals surface area contributed by atoms with E-state index in [9.17, 15) is 18.0 Å². The highest BCUT2D eigenvalue weighted by atomic mass is 19.4. The lowest BCUT2D eigenvalue weighted by Gasteiger charge is -2.27. The average Bonchev–Trinajstić information content (AvgIpc) is 3.16. The highest BCUT2D eigenvalue weighted by Crippen LogP contribution is 2.34. The number of aromatic nitrogens is 3. The van der Waals surface area contributed by atoms with Crippen molar-refractivity contribution in [1.29, 1.82) is 0 Å². The Morgan fingerprint density at radius 3 is 2.67 bits per heavy atom. The quantitative estimate of drug-likeness (QED) is 0.844. The van der Waals surface area contributed by atoms with Crippen LogP contribution in [0, 0.1) is 5.92 Å². The van der Waals surface area contributed by atoms with E-state index in [2.05, 4.69) is 10.2 Å². The first-order chi connectivity index (χ1) is 11.3. The van der Waals surface area contributed by atoms with Gasteiger partial charge in [-0.25, -0.2) is 4.79 Å². The Bertz CT molecular complexity index is 596. The highest BCUT2D eigenvalue weighted by molar-refractivity contribution is 5.67. The van der Waals surface area contributed by atoms with Gasteiger partial charge in [-0.05, 0) is 32.1 Å². The Morgan fingerprint density at radius 2 is 2.00 bits per heavy atom. The SMILES string of the molecule is CN(Cc1nnc2n1CC(C(F)(F)F)CC2)C(=O)OC1CCCC1. The van der Waals surface area contributed by atoms with Crippen LogP contribution in [-0.2, 0) is 24.2 Å². The summed E-state index contributed by atoms with van der Waals surface area (Å²) in [5.74, 6) is -0.483. The van der Waals surface area contributed by atoms with Gasteiger partial charge < -0.3 is 14.2 Å². The fourth-order valence-electron chi connectivity index (χ4n) is 3.28. The first-order valence-corrected chi connectivity index (χ1v) is 8.24. The van der Waals surface area contributed by atoms with Gasteiger partial charge >= 0.3 is 12.3 Å². The molecule has 1 aromatic heterocycles. The number of ether oxygens (including phenoxy) is 1. The van der Waals surface area contributed by atoms with Crippen LogP contribution in [0.4, 0.5) is 18.0 Å². The van der Waals surface area contributed by atoms with Crippen LogP contribution in [0.2, 0.25) is 0 Å². The van der Waals surface area contributed by atoms with E-state index in [-0.39, 0.29) is 32.0 Å². The van der Waals surface area contributed by atoms with E-state index in [1.165, 1.54) is 9.47 Å². The molecule has 134 valence electrons. The molecule has 1 saturated carbocycles. The molecule has 2 aliphatic rings. The maximum absolute atomic E-state index is 13.0. The summed E-state index contributed by atoms with van der Waals surface area (Å²) in [6.07, 6.45) is -0.637. The summed E-state index contributed by atoms with van der Waals surface area (Å²) in [6, 6.07) is 0. The zero-order valence-corrected chi connectivity index (χ0v) is 13.6. The molecule has 24 heavy (non-hydrogen) atoms. The lowest BCUT2D eigenvalue weighted by Crippen LogP contribution is -2.35. The lowest BCUT2D eigenvalue weighted by atomic mass is 9.99. The molecule has 0 saturated heterocycles. The molecule has 0 spiro atoms. The van der Waals surface area contributed by atoms with Crippen LogP contribution >= 0.6 is 0 Å². The second-order valence-corrected chi connectivity index (χ2v) is 6.57. The van der Waals surface area contributed by atoms with Gasteiger partial charge in [0.05, 0.1) is 12.5 Å². The van der Waals surface area contributed by atoms with Crippen molar-refractivity contribution in [3.05, 3.63) is 11.6 Å². The number of hydrogen-bond acceptors (Lipinski definition) is 4. The Labute approximate surface area is 138 Å². The number of alkyl halides is 3. The maximum atomic E-state index is 13.0. The third-order valence-electron chi connectivity index (χ3n) is 4.75. The Morgan fingerprint density at radius 1 is 1.29 bits per heavy atom. The first kappa shape index (κ1) is 17.0. The van der Waals surface area contributed by atoms with Crippen molar-refractivity contribution in [1.82, 2.24) is 19.7 Å². The molecule has 9 heteroatoms. The Kier molecular flexibility index (Phi) is 4.69. The Balaban J connectivity index is 1.64. The minimum atomic E-state index is -4.23. The molecule has 1 amide bonds. The Hall–Kier alpha value is -1.80. The van der Waals surface area contributed by atoms with Gasteiger partial charge in [-0.15, -0.1) is 10.2 Å². The number of halogens is 3. The van der Waals surface area contributed by atoms with Crippen LogP contribution in [0.1, 0.15) is 43.8 Å². The van der Waals surface area contributed by atoms with E-state index in [1.807, 2.05) is 0 Å². The van der Waals surface area contributed by atoms with Crippen LogP contribution in [0.5, 0.6) is 0 Å². The number of fused-ring (bicyclic) bond motifs is 1. The molecule has 1 aromatic rings. The van der Waals surface area contributed by atoms with Crippen molar-refractivity contribution in [2.75, 3.05) is 7.05 Å².